The molecular weight excluding hydrogens is 840 g/mol. The molecule has 0 spiro atoms. The van der Waals surface area contributed by atoms with Crippen LogP contribution < -0.4 is 0 Å². The Morgan fingerprint density at radius 3 is 2.11 bits per heavy atom. The first-order valence-corrected chi connectivity index (χ1v) is 23.8. The maximum atomic E-state index is 11.2. The van der Waals surface area contributed by atoms with E-state index in [9.17, 15) is 51.1 Å². The monoisotopic (exact) mass is 917 g/mol. The third-order valence-electron chi connectivity index (χ3n) is 17.7. The highest BCUT2D eigenvalue weighted by Crippen LogP contribution is 2.70. The molecule has 64 heavy (non-hydrogen) atoms. The van der Waals surface area contributed by atoms with Crippen molar-refractivity contribution >= 4 is 0 Å². The number of fused-ring (bicyclic) bond motifs is 7. The molecule has 0 aromatic rings. The number of aliphatic hydroxyl groups is 10. The summed E-state index contributed by atoms with van der Waals surface area (Å²) in [4.78, 5) is 0. The number of aliphatic hydroxyl groups excluding tert-OH is 10. The molecular formula is C46H76O18. The third-order valence-corrected chi connectivity index (χ3v) is 17.7. The van der Waals surface area contributed by atoms with Gasteiger partial charge in [-0.25, -0.2) is 0 Å². The first-order valence-electron chi connectivity index (χ1n) is 23.8. The minimum Gasteiger partial charge on any atom is -0.394 e. The predicted molar refractivity (Wildman–Crippen MR) is 222 cm³/mol. The smallest absolute Gasteiger partial charge is 0.187 e. The number of ether oxygens (including phenoxy) is 8. The Morgan fingerprint density at radius 2 is 1.41 bits per heavy atom. The molecule has 18 heteroatoms. The van der Waals surface area contributed by atoms with Crippen molar-refractivity contribution < 1.29 is 89.0 Å². The summed E-state index contributed by atoms with van der Waals surface area (Å²) in [6.07, 6.45) is -10.3. The molecule has 7 fully saturated rings. The van der Waals surface area contributed by atoms with Gasteiger partial charge in [0.1, 0.15) is 67.1 Å². The van der Waals surface area contributed by atoms with Crippen LogP contribution in [0.2, 0.25) is 0 Å². The fourth-order valence-corrected chi connectivity index (χ4v) is 13.8. The summed E-state index contributed by atoms with van der Waals surface area (Å²) in [5, 5.41) is 104. The van der Waals surface area contributed by atoms with E-state index in [1.54, 1.807) is 7.11 Å². The van der Waals surface area contributed by atoms with Crippen LogP contribution in [-0.4, -0.2) is 188 Å². The van der Waals surface area contributed by atoms with Gasteiger partial charge in [0.25, 0.3) is 0 Å². The van der Waals surface area contributed by atoms with Crippen molar-refractivity contribution in [3.8, 4) is 0 Å². The van der Waals surface area contributed by atoms with Gasteiger partial charge < -0.3 is 89.0 Å². The van der Waals surface area contributed by atoms with Gasteiger partial charge in [0.15, 0.2) is 24.7 Å². The zero-order valence-electron chi connectivity index (χ0n) is 38.1. The van der Waals surface area contributed by atoms with Crippen LogP contribution in [0.15, 0.2) is 11.6 Å². The van der Waals surface area contributed by atoms with Gasteiger partial charge in [-0.2, -0.15) is 0 Å². The summed E-state index contributed by atoms with van der Waals surface area (Å²) in [6, 6.07) is 0. The minimum absolute atomic E-state index is 0.0212. The lowest BCUT2D eigenvalue weighted by Crippen LogP contribution is -2.64. The van der Waals surface area contributed by atoms with E-state index in [-0.39, 0.29) is 41.5 Å². The third kappa shape index (κ3) is 8.48. The number of hydrogen-bond donors (Lipinski definition) is 10. The quantitative estimate of drug-likeness (QED) is 0.107. The van der Waals surface area contributed by atoms with Crippen LogP contribution >= 0.6 is 0 Å². The highest BCUT2D eigenvalue weighted by molar-refractivity contribution is 5.26. The standard InChI is InChI=1S/C46H76O18/c1-20(19-58-41-37(54)35(52)33(50)29(17-47)61-41)9-14-46(57-6)21(2)31-28(64-46)16-27-25-8-7-23-15-24(10-12-44(23,4)26(25)11-13-45(27,31)5)60-43-39(56)36(53)40(30(18-48)62-43)63-42-38(55)34(51)32(49)22(3)59-42/h7,20-22,24-43,47-56H,8-19H2,1-6H3/t20-,21-,22-,24-,25?,26?,27?,28-,29+,30+,31-,32-,33+,34+,35-,36+,37+,38+,39+,40+,41+,42-,43+,44-,45-,46+/m0/s1. The van der Waals surface area contributed by atoms with Crippen LogP contribution in [0.4, 0.5) is 0 Å². The molecule has 4 saturated heterocycles. The average molecular weight is 917 g/mol. The number of rotatable bonds is 13. The Kier molecular flexibility index (Phi) is 14.7. The molecule has 18 nitrogen and oxygen atoms in total. The van der Waals surface area contributed by atoms with E-state index in [0.29, 0.717) is 36.5 Å². The van der Waals surface area contributed by atoms with Gasteiger partial charge >= 0.3 is 0 Å². The highest BCUT2D eigenvalue weighted by atomic mass is 16.7. The van der Waals surface area contributed by atoms with Gasteiger partial charge in [0.05, 0.1) is 38.1 Å². The SMILES string of the molecule is CO[C@]1(CC[C@H](C)CO[C@@H]2O[C@H](CO)[C@@H](O)[C@H](O)[C@H]2O)O[C@H]2CC3C4CC=C5C[C@@H](O[C@@H]6O[C@H](CO)[C@@H](O[C@@H]7O[C@@H](C)[C@H](O)[C@@H](O)[C@H]7O)[C@H](O)[C@H]6O)CC[C@]5(C)C4CC[C@]3(C)[C@H]2[C@@H]1C. The molecule has 0 radical (unpaired) electrons. The minimum atomic E-state index is -1.64. The van der Waals surface area contributed by atoms with Crippen molar-refractivity contribution in [2.75, 3.05) is 26.9 Å². The first kappa shape index (κ1) is 49.4. The number of methoxy groups -OCH3 is 1. The lowest BCUT2D eigenvalue weighted by atomic mass is 9.47. The summed E-state index contributed by atoms with van der Waals surface area (Å²) in [5.41, 5.74) is 1.40. The van der Waals surface area contributed by atoms with Crippen LogP contribution in [0.1, 0.15) is 92.4 Å². The molecule has 8 aliphatic rings. The average Bonchev–Trinajstić information content (AvgIpc) is 3.74. The summed E-state index contributed by atoms with van der Waals surface area (Å²) in [6.45, 7) is 9.83. The fraction of sp³-hybridized carbons (Fsp3) is 0.957. The zero-order valence-corrected chi connectivity index (χ0v) is 38.1. The molecule has 10 N–H and O–H groups in total. The Labute approximate surface area is 375 Å². The van der Waals surface area contributed by atoms with E-state index in [0.717, 1.165) is 44.9 Å². The molecule has 0 aromatic heterocycles. The van der Waals surface area contributed by atoms with Crippen LogP contribution in [0.3, 0.4) is 0 Å². The highest BCUT2D eigenvalue weighted by Gasteiger charge is 2.68. The van der Waals surface area contributed by atoms with Crippen molar-refractivity contribution in [2.45, 2.75) is 203 Å². The van der Waals surface area contributed by atoms with Crippen LogP contribution in [-0.2, 0) is 37.9 Å². The van der Waals surface area contributed by atoms with Crippen molar-refractivity contribution in [2.24, 2.45) is 46.3 Å². The molecule has 4 aliphatic carbocycles. The summed E-state index contributed by atoms with van der Waals surface area (Å²) in [7, 11) is 1.73. The van der Waals surface area contributed by atoms with E-state index >= 15 is 0 Å². The van der Waals surface area contributed by atoms with E-state index in [1.807, 2.05) is 6.92 Å². The van der Waals surface area contributed by atoms with Gasteiger partial charge in [0, 0.05) is 19.4 Å². The molecule has 368 valence electrons. The lowest BCUT2D eigenvalue weighted by molar-refractivity contribution is -0.360. The number of allylic oxidation sites excluding steroid dienone is 1. The second kappa shape index (κ2) is 19.1. The predicted octanol–water partition coefficient (Wildman–Crippen LogP) is -0.177. The van der Waals surface area contributed by atoms with Gasteiger partial charge in [-0.3, -0.25) is 0 Å². The van der Waals surface area contributed by atoms with Gasteiger partial charge in [-0.15, -0.1) is 0 Å². The maximum Gasteiger partial charge on any atom is 0.187 e. The van der Waals surface area contributed by atoms with Crippen LogP contribution in [0.25, 0.3) is 0 Å². The van der Waals surface area contributed by atoms with Gasteiger partial charge in [-0.05, 0) is 98.7 Å². The Morgan fingerprint density at radius 1 is 0.750 bits per heavy atom. The van der Waals surface area contributed by atoms with Gasteiger partial charge in [-0.1, -0.05) is 39.3 Å². The molecule has 3 unspecified atom stereocenters. The molecule has 3 saturated carbocycles. The Hall–Kier alpha value is -0.980. The maximum absolute atomic E-state index is 11.2. The Bertz CT molecular complexity index is 1620. The molecule has 8 rings (SSSR count). The van der Waals surface area contributed by atoms with Gasteiger partial charge in [0.2, 0.25) is 0 Å². The second-order valence-electron chi connectivity index (χ2n) is 21.2. The molecule has 0 amide bonds. The zero-order chi connectivity index (χ0) is 46.2. The second-order valence-corrected chi connectivity index (χ2v) is 21.2. The first-order chi connectivity index (χ1) is 30.3. The summed E-state index contributed by atoms with van der Waals surface area (Å²) < 4.78 is 48.4. The number of hydrogen-bond acceptors (Lipinski definition) is 18. The topological polar surface area (TPSA) is 276 Å². The molecule has 0 aromatic carbocycles. The fourth-order valence-electron chi connectivity index (χ4n) is 13.8. The van der Waals surface area contributed by atoms with Crippen molar-refractivity contribution in [1.82, 2.24) is 0 Å². The van der Waals surface area contributed by atoms with Crippen LogP contribution in [0.5, 0.6) is 0 Å². The molecule has 26 atom stereocenters. The van der Waals surface area contributed by atoms with E-state index < -0.39 is 111 Å². The van der Waals surface area contributed by atoms with E-state index in [2.05, 4.69) is 26.8 Å². The van der Waals surface area contributed by atoms with E-state index in [4.69, 9.17) is 37.9 Å². The lowest BCUT2D eigenvalue weighted by Gasteiger charge is -2.58. The molecule has 4 aliphatic heterocycles. The van der Waals surface area contributed by atoms with Crippen molar-refractivity contribution in [3.05, 3.63) is 11.6 Å². The summed E-state index contributed by atoms with van der Waals surface area (Å²) >= 11 is 0. The van der Waals surface area contributed by atoms with Crippen molar-refractivity contribution in [1.29, 1.82) is 0 Å². The molecule has 0 bridgehead atoms. The van der Waals surface area contributed by atoms with E-state index in [1.165, 1.54) is 12.5 Å². The summed E-state index contributed by atoms with van der Waals surface area (Å²) in [5.74, 6) is 1.24. The van der Waals surface area contributed by atoms with Crippen molar-refractivity contribution in [3.63, 3.8) is 0 Å². The van der Waals surface area contributed by atoms with Crippen LogP contribution in [0, 0.1) is 46.3 Å². The largest absolute Gasteiger partial charge is 0.394 e. The Balaban J connectivity index is 0.863. The normalized spacial score (nSPS) is 54.3. The molecule has 4 heterocycles.